The van der Waals surface area contributed by atoms with Crippen molar-refractivity contribution < 1.29 is 24.4 Å². The average Bonchev–Trinajstić information content (AvgIpc) is 3.28. The number of carbonyl (C=O) groups excluding carboxylic acids is 1. The fourth-order valence-corrected chi connectivity index (χ4v) is 3.55. The molecule has 3 rings (SSSR count). The molecular formula is C16H18N2O6. The van der Waals surface area contributed by atoms with Gasteiger partial charge in [0.05, 0.1) is 18.0 Å². The quantitative estimate of drug-likeness (QED) is 0.665. The summed E-state index contributed by atoms with van der Waals surface area (Å²) in [6.07, 6.45) is 2.05. The van der Waals surface area contributed by atoms with E-state index in [1.54, 1.807) is 4.90 Å². The number of carboxylic acid groups (broad SMARTS) is 1. The molecule has 1 N–H and O–H groups in total. The minimum absolute atomic E-state index is 0.0486. The first-order chi connectivity index (χ1) is 11.4. The minimum atomic E-state index is -0.755. The third kappa shape index (κ3) is 2.68. The van der Waals surface area contributed by atoms with E-state index in [0.29, 0.717) is 37.9 Å². The molecule has 128 valence electrons. The van der Waals surface area contributed by atoms with Gasteiger partial charge in [0.25, 0.3) is 5.91 Å². The van der Waals surface area contributed by atoms with Gasteiger partial charge in [-0.3, -0.25) is 19.7 Å². The zero-order chi connectivity index (χ0) is 17.5. The highest BCUT2D eigenvalue weighted by atomic mass is 16.6. The Morgan fingerprint density at radius 3 is 2.54 bits per heavy atom. The van der Waals surface area contributed by atoms with Crippen molar-refractivity contribution in [2.45, 2.75) is 19.3 Å². The number of piperidine rings is 1. The van der Waals surface area contributed by atoms with Crippen LogP contribution in [0.5, 0.6) is 5.75 Å². The Hall–Kier alpha value is -2.64. The molecule has 8 heteroatoms. The van der Waals surface area contributed by atoms with E-state index in [-0.39, 0.29) is 28.7 Å². The highest BCUT2D eigenvalue weighted by Crippen LogP contribution is 2.59. The number of aliphatic carboxylic acids is 1. The summed E-state index contributed by atoms with van der Waals surface area (Å²) in [6, 6.07) is 4.06. The van der Waals surface area contributed by atoms with Gasteiger partial charge in [-0.2, -0.15) is 0 Å². The van der Waals surface area contributed by atoms with Crippen LogP contribution < -0.4 is 4.74 Å². The average molecular weight is 334 g/mol. The molecule has 1 aromatic rings. The van der Waals surface area contributed by atoms with Gasteiger partial charge in [-0.15, -0.1) is 0 Å². The minimum Gasteiger partial charge on any atom is -0.490 e. The molecule has 1 atom stereocenters. The summed E-state index contributed by atoms with van der Waals surface area (Å²) >= 11 is 0. The van der Waals surface area contributed by atoms with Gasteiger partial charge < -0.3 is 14.7 Å². The van der Waals surface area contributed by atoms with Gasteiger partial charge in [-0.25, -0.2) is 0 Å². The fraction of sp³-hybridized carbons (Fsp3) is 0.500. The van der Waals surface area contributed by atoms with Crippen LogP contribution in [-0.4, -0.2) is 47.0 Å². The summed E-state index contributed by atoms with van der Waals surface area (Å²) in [5, 5.41) is 20.0. The van der Waals surface area contributed by atoms with E-state index in [4.69, 9.17) is 9.84 Å². The number of likely N-dealkylation sites (tertiary alicyclic amines) is 1. The van der Waals surface area contributed by atoms with Crippen LogP contribution in [0.2, 0.25) is 0 Å². The maximum absolute atomic E-state index is 12.6. The van der Waals surface area contributed by atoms with E-state index in [2.05, 4.69) is 0 Å². The monoisotopic (exact) mass is 334 g/mol. The molecule has 1 aliphatic heterocycles. The number of hydrogen-bond donors (Lipinski definition) is 1. The molecule has 2 aliphatic rings. The molecule has 1 aliphatic carbocycles. The molecule has 0 aromatic heterocycles. The number of carboxylic acids is 1. The summed E-state index contributed by atoms with van der Waals surface area (Å²) in [5.41, 5.74) is 0.00313. The highest BCUT2D eigenvalue weighted by molar-refractivity contribution is 5.95. The van der Waals surface area contributed by atoms with Crippen molar-refractivity contribution in [1.29, 1.82) is 0 Å². The second-order valence-electron chi connectivity index (χ2n) is 6.39. The van der Waals surface area contributed by atoms with Crippen molar-refractivity contribution >= 4 is 17.6 Å². The summed E-state index contributed by atoms with van der Waals surface area (Å²) < 4.78 is 4.99. The van der Waals surface area contributed by atoms with Gasteiger partial charge in [0, 0.05) is 30.8 Å². The van der Waals surface area contributed by atoms with Gasteiger partial charge >= 0.3 is 11.7 Å². The molecule has 1 aromatic carbocycles. The van der Waals surface area contributed by atoms with Crippen LogP contribution in [0.15, 0.2) is 18.2 Å². The smallest absolute Gasteiger partial charge is 0.310 e. The molecule has 2 fully saturated rings. The van der Waals surface area contributed by atoms with Crippen LogP contribution in [0.1, 0.15) is 29.6 Å². The second-order valence-corrected chi connectivity index (χ2v) is 6.39. The van der Waals surface area contributed by atoms with Crippen molar-refractivity contribution in [3.05, 3.63) is 33.9 Å². The largest absolute Gasteiger partial charge is 0.490 e. The summed E-state index contributed by atoms with van der Waals surface area (Å²) in [4.78, 5) is 35.7. The predicted molar refractivity (Wildman–Crippen MR) is 83.0 cm³/mol. The first-order valence-electron chi connectivity index (χ1n) is 7.72. The van der Waals surface area contributed by atoms with Crippen LogP contribution in [0.25, 0.3) is 0 Å². The van der Waals surface area contributed by atoms with Gasteiger partial charge in [0.2, 0.25) is 0 Å². The van der Waals surface area contributed by atoms with Crippen LogP contribution in [-0.2, 0) is 4.79 Å². The number of ether oxygens (including phenoxy) is 1. The second kappa shape index (κ2) is 5.77. The number of methoxy groups -OCH3 is 1. The number of nitrogens with zero attached hydrogens (tertiary/aromatic N) is 2. The topological polar surface area (TPSA) is 110 Å². The molecule has 1 saturated carbocycles. The normalized spacial score (nSPS) is 21.4. The van der Waals surface area contributed by atoms with E-state index in [1.807, 2.05) is 0 Å². The van der Waals surface area contributed by atoms with Crippen molar-refractivity contribution in [1.82, 2.24) is 4.90 Å². The van der Waals surface area contributed by atoms with Crippen molar-refractivity contribution in [3.8, 4) is 5.75 Å². The molecule has 1 amide bonds. The van der Waals surface area contributed by atoms with E-state index >= 15 is 0 Å². The Kier molecular flexibility index (Phi) is 3.90. The van der Waals surface area contributed by atoms with Crippen LogP contribution in [0.3, 0.4) is 0 Å². The van der Waals surface area contributed by atoms with Crippen LogP contribution in [0, 0.1) is 21.4 Å². The fourth-order valence-electron chi connectivity index (χ4n) is 3.55. The van der Waals surface area contributed by atoms with Crippen LogP contribution >= 0.6 is 0 Å². The van der Waals surface area contributed by atoms with Gasteiger partial charge in [0.15, 0.2) is 5.75 Å². The van der Waals surface area contributed by atoms with Crippen molar-refractivity contribution in [2.24, 2.45) is 11.3 Å². The Labute approximate surface area is 138 Å². The standard InChI is InChI=1S/C16H18N2O6/c1-24-13-8-10(2-3-12(13)18(22)23)14(19)17-6-4-16(5-7-17)9-11(16)15(20)21/h2-3,8,11H,4-7,9H2,1H3,(H,20,21). The zero-order valence-electron chi connectivity index (χ0n) is 13.2. The SMILES string of the molecule is COc1cc(C(=O)N2CCC3(CC2)CC3C(=O)O)ccc1[N+](=O)[O-]. The molecule has 8 nitrogen and oxygen atoms in total. The molecule has 0 bridgehead atoms. The zero-order valence-corrected chi connectivity index (χ0v) is 13.2. The van der Waals surface area contributed by atoms with E-state index in [0.717, 1.165) is 0 Å². The Balaban J connectivity index is 1.70. The first kappa shape index (κ1) is 16.2. The lowest BCUT2D eigenvalue weighted by Crippen LogP contribution is -2.40. The third-order valence-electron chi connectivity index (χ3n) is 5.16. The lowest BCUT2D eigenvalue weighted by molar-refractivity contribution is -0.385. The van der Waals surface area contributed by atoms with Gasteiger partial charge in [0.1, 0.15) is 0 Å². The predicted octanol–water partition coefficient (Wildman–Crippen LogP) is 1.93. The van der Waals surface area contributed by atoms with Crippen LogP contribution in [0.4, 0.5) is 5.69 Å². The van der Waals surface area contributed by atoms with E-state index in [9.17, 15) is 19.7 Å². The maximum atomic E-state index is 12.6. The Bertz CT molecular complexity index is 709. The number of nitro benzene ring substituents is 1. The molecule has 24 heavy (non-hydrogen) atoms. The highest BCUT2D eigenvalue weighted by Gasteiger charge is 2.59. The summed E-state index contributed by atoms with van der Waals surface area (Å²) in [6.45, 7) is 1.00. The molecule has 1 heterocycles. The first-order valence-corrected chi connectivity index (χ1v) is 7.72. The third-order valence-corrected chi connectivity index (χ3v) is 5.16. The van der Waals surface area contributed by atoms with E-state index in [1.165, 1.54) is 25.3 Å². The van der Waals surface area contributed by atoms with E-state index < -0.39 is 10.9 Å². The maximum Gasteiger partial charge on any atom is 0.310 e. The number of carbonyl (C=O) groups is 2. The number of amides is 1. The summed E-state index contributed by atoms with van der Waals surface area (Å²) in [7, 11) is 1.32. The van der Waals surface area contributed by atoms with Crippen molar-refractivity contribution in [3.63, 3.8) is 0 Å². The number of hydrogen-bond acceptors (Lipinski definition) is 5. The van der Waals surface area contributed by atoms with Gasteiger partial charge in [-0.1, -0.05) is 0 Å². The summed E-state index contributed by atoms with van der Waals surface area (Å²) in [5.74, 6) is -1.21. The molecule has 1 saturated heterocycles. The Morgan fingerprint density at radius 2 is 2.04 bits per heavy atom. The lowest BCUT2D eigenvalue weighted by atomic mass is 9.90. The molecule has 0 radical (unpaired) electrons. The number of benzene rings is 1. The lowest BCUT2D eigenvalue weighted by Gasteiger charge is -2.32. The van der Waals surface area contributed by atoms with Crippen molar-refractivity contribution in [2.75, 3.05) is 20.2 Å². The molecule has 1 spiro atoms. The Morgan fingerprint density at radius 1 is 1.38 bits per heavy atom. The molecule has 1 unspecified atom stereocenters. The molecular weight excluding hydrogens is 316 g/mol. The number of rotatable bonds is 4. The number of nitro groups is 1. The van der Waals surface area contributed by atoms with Gasteiger partial charge in [-0.05, 0) is 30.7 Å².